The van der Waals surface area contributed by atoms with E-state index in [-0.39, 0.29) is 11.5 Å². The average Bonchev–Trinajstić information content (AvgIpc) is 2.59. The molecule has 1 heterocycles. The summed E-state index contributed by atoms with van der Waals surface area (Å²) in [6.07, 6.45) is 3.76. The van der Waals surface area contributed by atoms with E-state index in [1.807, 2.05) is 13.8 Å². The fourth-order valence-corrected chi connectivity index (χ4v) is 3.08. The van der Waals surface area contributed by atoms with Gasteiger partial charge in [-0.15, -0.1) is 0 Å². The SMILES string of the molecule is CCC(O)(CC)COc1ncc(Cl)cc1-c1ccc(S(C)(=O)=O)cc1. The van der Waals surface area contributed by atoms with Crippen molar-refractivity contribution in [1.82, 2.24) is 4.98 Å². The van der Waals surface area contributed by atoms with Crippen molar-refractivity contribution >= 4 is 21.4 Å². The minimum absolute atomic E-state index is 0.114. The van der Waals surface area contributed by atoms with Gasteiger partial charge < -0.3 is 9.84 Å². The number of ether oxygens (including phenoxy) is 1. The molecular weight excluding hydrogens is 362 g/mol. The number of benzene rings is 1. The van der Waals surface area contributed by atoms with Crippen molar-refractivity contribution in [2.45, 2.75) is 37.2 Å². The van der Waals surface area contributed by atoms with Crippen LogP contribution in [0.15, 0.2) is 41.4 Å². The molecule has 0 aliphatic carbocycles. The molecule has 0 radical (unpaired) electrons. The second-order valence-corrected chi connectivity index (χ2v) is 8.48. The molecule has 1 N–H and O–H groups in total. The number of nitrogens with zero attached hydrogens (tertiary/aromatic N) is 1. The van der Waals surface area contributed by atoms with Gasteiger partial charge in [0.05, 0.1) is 15.5 Å². The van der Waals surface area contributed by atoms with Crippen molar-refractivity contribution in [1.29, 1.82) is 0 Å². The topological polar surface area (TPSA) is 76.5 Å². The van der Waals surface area contributed by atoms with Gasteiger partial charge in [0.2, 0.25) is 5.88 Å². The van der Waals surface area contributed by atoms with Gasteiger partial charge in [-0.3, -0.25) is 0 Å². The summed E-state index contributed by atoms with van der Waals surface area (Å²) in [5.41, 5.74) is 0.453. The van der Waals surface area contributed by atoms with Gasteiger partial charge in [-0.2, -0.15) is 0 Å². The molecule has 0 aliphatic heterocycles. The molecule has 136 valence electrons. The van der Waals surface area contributed by atoms with Crippen LogP contribution in [0.25, 0.3) is 11.1 Å². The van der Waals surface area contributed by atoms with Crippen LogP contribution in [-0.2, 0) is 9.84 Å². The molecule has 25 heavy (non-hydrogen) atoms. The second-order valence-electron chi connectivity index (χ2n) is 6.02. The number of hydrogen-bond acceptors (Lipinski definition) is 5. The smallest absolute Gasteiger partial charge is 0.221 e. The van der Waals surface area contributed by atoms with Crippen LogP contribution in [0.2, 0.25) is 5.02 Å². The Morgan fingerprint density at radius 2 is 1.80 bits per heavy atom. The zero-order chi connectivity index (χ0) is 18.7. The zero-order valence-electron chi connectivity index (χ0n) is 14.5. The molecule has 2 aromatic rings. The van der Waals surface area contributed by atoms with E-state index in [0.717, 1.165) is 11.8 Å². The highest BCUT2D eigenvalue weighted by molar-refractivity contribution is 7.90. The molecule has 0 bridgehead atoms. The summed E-state index contributed by atoms with van der Waals surface area (Å²) in [5, 5.41) is 10.8. The molecule has 0 saturated carbocycles. The number of aromatic nitrogens is 1. The predicted octanol–water partition coefficient (Wildman–Crippen LogP) is 3.74. The van der Waals surface area contributed by atoms with Crippen molar-refractivity contribution in [3.05, 3.63) is 41.6 Å². The molecule has 7 heteroatoms. The third kappa shape index (κ3) is 4.93. The van der Waals surface area contributed by atoms with Gasteiger partial charge in [0.25, 0.3) is 0 Å². The Morgan fingerprint density at radius 1 is 1.20 bits per heavy atom. The molecule has 5 nitrogen and oxygen atoms in total. The monoisotopic (exact) mass is 383 g/mol. The third-order valence-corrected chi connectivity index (χ3v) is 5.54. The van der Waals surface area contributed by atoms with E-state index in [1.165, 1.54) is 18.3 Å². The molecular formula is C18H22ClNO4S. The number of hydrogen-bond donors (Lipinski definition) is 1. The third-order valence-electron chi connectivity index (χ3n) is 4.21. The summed E-state index contributed by atoms with van der Waals surface area (Å²) in [4.78, 5) is 4.45. The Bertz CT molecular complexity index is 831. The molecule has 0 aliphatic rings. The van der Waals surface area contributed by atoms with Gasteiger partial charge in [-0.25, -0.2) is 13.4 Å². The molecule has 1 aromatic carbocycles. The lowest BCUT2D eigenvalue weighted by molar-refractivity contribution is -0.0124. The van der Waals surface area contributed by atoms with E-state index < -0.39 is 15.4 Å². The number of halogens is 1. The van der Waals surface area contributed by atoms with Crippen molar-refractivity contribution < 1.29 is 18.3 Å². The number of aliphatic hydroxyl groups is 1. The van der Waals surface area contributed by atoms with E-state index >= 15 is 0 Å². The van der Waals surface area contributed by atoms with Gasteiger partial charge in [0.1, 0.15) is 6.61 Å². The molecule has 1 aromatic heterocycles. The van der Waals surface area contributed by atoms with Crippen LogP contribution in [0.5, 0.6) is 5.88 Å². The molecule has 0 atom stereocenters. The Labute approximate surface area is 153 Å². The van der Waals surface area contributed by atoms with Crippen LogP contribution >= 0.6 is 11.6 Å². The maximum atomic E-state index is 11.6. The summed E-state index contributed by atoms with van der Waals surface area (Å²) < 4.78 is 28.9. The van der Waals surface area contributed by atoms with Crippen LogP contribution < -0.4 is 4.74 Å². The van der Waals surface area contributed by atoms with Gasteiger partial charge in [0, 0.05) is 18.0 Å². The minimum atomic E-state index is -3.26. The molecule has 0 saturated heterocycles. The first-order valence-electron chi connectivity index (χ1n) is 8.00. The Kier molecular flexibility index (Phi) is 6.08. The second kappa shape index (κ2) is 7.72. The predicted molar refractivity (Wildman–Crippen MR) is 98.8 cm³/mol. The molecule has 0 amide bonds. The van der Waals surface area contributed by atoms with Crippen molar-refractivity contribution in [2.75, 3.05) is 12.9 Å². The molecule has 0 spiro atoms. The number of sulfone groups is 1. The first-order chi connectivity index (χ1) is 11.7. The highest BCUT2D eigenvalue weighted by Gasteiger charge is 2.24. The highest BCUT2D eigenvalue weighted by Crippen LogP contribution is 2.32. The first-order valence-corrected chi connectivity index (χ1v) is 10.3. The maximum Gasteiger partial charge on any atom is 0.221 e. The van der Waals surface area contributed by atoms with Gasteiger partial charge in [-0.05, 0) is 36.6 Å². The Balaban J connectivity index is 2.36. The quantitative estimate of drug-likeness (QED) is 0.788. The summed E-state index contributed by atoms with van der Waals surface area (Å²) in [6, 6.07) is 8.13. The zero-order valence-corrected chi connectivity index (χ0v) is 16.1. The Hall–Kier alpha value is -1.63. The van der Waals surface area contributed by atoms with E-state index in [9.17, 15) is 13.5 Å². The average molecular weight is 384 g/mol. The van der Waals surface area contributed by atoms with Crippen LogP contribution in [-0.4, -0.2) is 37.0 Å². The van der Waals surface area contributed by atoms with Crippen LogP contribution in [0, 0.1) is 0 Å². The summed E-state index contributed by atoms with van der Waals surface area (Å²) in [5.74, 6) is 0.344. The van der Waals surface area contributed by atoms with Crippen LogP contribution in [0.1, 0.15) is 26.7 Å². The molecule has 0 unspecified atom stereocenters. The van der Waals surface area contributed by atoms with Crippen molar-refractivity contribution in [3.63, 3.8) is 0 Å². The largest absolute Gasteiger partial charge is 0.474 e. The number of pyridine rings is 1. The maximum absolute atomic E-state index is 11.6. The van der Waals surface area contributed by atoms with Crippen LogP contribution in [0.4, 0.5) is 0 Å². The molecule has 2 rings (SSSR count). The Morgan fingerprint density at radius 3 is 2.32 bits per heavy atom. The lowest BCUT2D eigenvalue weighted by Gasteiger charge is -2.25. The van der Waals surface area contributed by atoms with E-state index in [2.05, 4.69) is 4.98 Å². The normalized spacial score (nSPS) is 12.2. The van der Waals surface area contributed by atoms with Crippen molar-refractivity contribution in [2.24, 2.45) is 0 Å². The lowest BCUT2D eigenvalue weighted by Crippen LogP contribution is -2.34. The minimum Gasteiger partial charge on any atom is -0.474 e. The van der Waals surface area contributed by atoms with Crippen molar-refractivity contribution in [3.8, 4) is 17.0 Å². The molecule has 0 fully saturated rings. The summed E-state index contributed by atoms with van der Waals surface area (Å²) in [6.45, 7) is 3.91. The fraction of sp³-hybridized carbons (Fsp3) is 0.389. The summed E-state index contributed by atoms with van der Waals surface area (Å²) in [7, 11) is -3.26. The number of rotatable bonds is 7. The first kappa shape index (κ1) is 19.7. The van der Waals surface area contributed by atoms with E-state index in [1.54, 1.807) is 18.2 Å². The highest BCUT2D eigenvalue weighted by atomic mass is 35.5. The van der Waals surface area contributed by atoms with Gasteiger partial charge in [0.15, 0.2) is 9.84 Å². The van der Waals surface area contributed by atoms with E-state index in [0.29, 0.717) is 29.3 Å². The fourth-order valence-electron chi connectivity index (χ4n) is 2.29. The van der Waals surface area contributed by atoms with E-state index in [4.69, 9.17) is 16.3 Å². The van der Waals surface area contributed by atoms with Gasteiger partial charge >= 0.3 is 0 Å². The summed E-state index contributed by atoms with van der Waals surface area (Å²) >= 11 is 6.05. The lowest BCUT2D eigenvalue weighted by atomic mass is 9.99. The standard InChI is InChI=1S/C18H22ClNO4S/c1-4-18(21,5-2)12-24-17-16(10-14(19)11-20-17)13-6-8-15(9-7-13)25(3,22)23/h6-11,21H,4-5,12H2,1-3H3. The van der Waals surface area contributed by atoms with Gasteiger partial charge in [-0.1, -0.05) is 37.6 Å². The van der Waals surface area contributed by atoms with Crippen LogP contribution in [0.3, 0.4) is 0 Å².